The van der Waals surface area contributed by atoms with Crippen LogP contribution in [0, 0.1) is 12.7 Å². The molecule has 1 unspecified atom stereocenters. The lowest BCUT2D eigenvalue weighted by atomic mass is 10.1. The first-order valence-corrected chi connectivity index (χ1v) is 13.4. The van der Waals surface area contributed by atoms with Gasteiger partial charge >= 0.3 is 0 Å². The van der Waals surface area contributed by atoms with Gasteiger partial charge in [-0.2, -0.15) is 0 Å². The molecule has 0 aliphatic carbocycles. The van der Waals surface area contributed by atoms with Crippen LogP contribution in [0.15, 0.2) is 114 Å². The Labute approximate surface area is 236 Å². The second-order valence-electron chi connectivity index (χ2n) is 8.97. The van der Waals surface area contributed by atoms with Crippen molar-refractivity contribution < 1.29 is 18.8 Å². The zero-order valence-electron chi connectivity index (χ0n) is 22.0. The minimum absolute atomic E-state index is 0.0910. The van der Waals surface area contributed by atoms with Crippen LogP contribution in [-0.4, -0.2) is 23.0 Å². The maximum atomic E-state index is 13.4. The summed E-state index contributed by atoms with van der Waals surface area (Å²) in [5, 5.41) is 7.91. The van der Waals surface area contributed by atoms with E-state index < -0.39 is 17.1 Å². The van der Waals surface area contributed by atoms with E-state index >= 15 is 0 Å². The summed E-state index contributed by atoms with van der Waals surface area (Å²) in [6.45, 7) is 3.69. The van der Waals surface area contributed by atoms with Crippen molar-refractivity contribution in [2.75, 3.05) is 10.6 Å². The molecule has 3 N–H and O–H groups in total. The molecule has 0 radical (unpaired) electrons. The predicted octanol–water partition coefficient (Wildman–Crippen LogP) is 6.66. The van der Waals surface area contributed by atoms with Gasteiger partial charge < -0.3 is 16.0 Å². The molecule has 6 nitrogen and oxygen atoms in total. The van der Waals surface area contributed by atoms with Gasteiger partial charge in [0.15, 0.2) is 0 Å². The topological polar surface area (TPSA) is 87.3 Å². The highest BCUT2D eigenvalue weighted by Crippen LogP contribution is 2.27. The van der Waals surface area contributed by atoms with E-state index in [1.54, 1.807) is 55.5 Å². The van der Waals surface area contributed by atoms with Gasteiger partial charge in [-0.1, -0.05) is 48.5 Å². The van der Waals surface area contributed by atoms with Crippen molar-refractivity contribution in [3.05, 3.63) is 131 Å². The summed E-state index contributed by atoms with van der Waals surface area (Å²) in [4.78, 5) is 39.6. The lowest BCUT2D eigenvalue weighted by Gasteiger charge is -2.14. The number of hydrogen-bond acceptors (Lipinski definition) is 4. The minimum atomic E-state index is -0.489. The molecule has 0 aliphatic heterocycles. The zero-order chi connectivity index (χ0) is 28.5. The average molecular weight is 554 g/mol. The van der Waals surface area contributed by atoms with Gasteiger partial charge in [0.2, 0.25) is 5.91 Å². The van der Waals surface area contributed by atoms with E-state index in [1.807, 2.05) is 43.3 Å². The number of carbonyl (C=O) groups excluding carboxylic acids is 3. The molecule has 0 spiro atoms. The van der Waals surface area contributed by atoms with Crippen LogP contribution in [0.25, 0.3) is 6.08 Å². The van der Waals surface area contributed by atoms with Crippen molar-refractivity contribution in [2.24, 2.45) is 0 Å². The SMILES string of the molecule is Cc1ccccc1/C=C(\NC(=O)c1ccccc1)C(=O)Nc1cccc(SC(C)C(=O)Nc2ccc(F)cc2)c1. The van der Waals surface area contributed by atoms with E-state index in [9.17, 15) is 18.8 Å². The third-order valence-electron chi connectivity index (χ3n) is 5.90. The van der Waals surface area contributed by atoms with E-state index in [0.29, 0.717) is 16.9 Å². The van der Waals surface area contributed by atoms with Crippen LogP contribution in [-0.2, 0) is 9.59 Å². The molecule has 202 valence electrons. The van der Waals surface area contributed by atoms with Gasteiger partial charge in [0.25, 0.3) is 11.8 Å². The summed E-state index contributed by atoms with van der Waals surface area (Å²) in [5.41, 5.74) is 3.28. The third kappa shape index (κ3) is 7.91. The van der Waals surface area contributed by atoms with Crippen molar-refractivity contribution in [1.82, 2.24) is 5.32 Å². The standard InChI is InChI=1S/C32H28FN3O3S/c1-21-9-6-7-12-24(21)19-29(36-31(38)23-10-4-3-5-11-23)32(39)35-27-13-8-14-28(20-27)40-22(2)30(37)34-26-17-15-25(33)16-18-26/h3-20,22H,1-2H3,(H,34,37)(H,35,39)(H,36,38)/b29-19-. The fraction of sp³-hybridized carbons (Fsp3) is 0.0938. The molecule has 3 amide bonds. The molecule has 8 heteroatoms. The number of thioether (sulfide) groups is 1. The maximum Gasteiger partial charge on any atom is 0.272 e. The van der Waals surface area contributed by atoms with Crippen molar-refractivity contribution in [3.63, 3.8) is 0 Å². The van der Waals surface area contributed by atoms with Crippen molar-refractivity contribution in [2.45, 2.75) is 24.0 Å². The summed E-state index contributed by atoms with van der Waals surface area (Å²) in [5.74, 6) is -1.51. The summed E-state index contributed by atoms with van der Waals surface area (Å²) >= 11 is 1.31. The molecule has 0 saturated heterocycles. The largest absolute Gasteiger partial charge is 0.325 e. The Hall–Kier alpha value is -4.69. The number of benzene rings is 4. The molecule has 1 atom stereocenters. The molecule has 0 fully saturated rings. The number of anilines is 2. The molecule has 0 bridgehead atoms. The first kappa shape index (κ1) is 28.3. The second-order valence-corrected chi connectivity index (χ2v) is 10.4. The molecule has 0 heterocycles. The van der Waals surface area contributed by atoms with Crippen LogP contribution in [0.1, 0.15) is 28.4 Å². The van der Waals surface area contributed by atoms with Gasteiger partial charge in [0.1, 0.15) is 11.5 Å². The Bertz CT molecular complexity index is 1540. The molecule has 40 heavy (non-hydrogen) atoms. The van der Waals surface area contributed by atoms with Gasteiger partial charge in [-0.05, 0) is 85.6 Å². The van der Waals surface area contributed by atoms with E-state index in [2.05, 4.69) is 16.0 Å². The molecular weight excluding hydrogens is 525 g/mol. The highest BCUT2D eigenvalue weighted by molar-refractivity contribution is 8.00. The monoisotopic (exact) mass is 553 g/mol. The van der Waals surface area contributed by atoms with Crippen LogP contribution >= 0.6 is 11.8 Å². The Balaban J connectivity index is 1.48. The minimum Gasteiger partial charge on any atom is -0.325 e. The van der Waals surface area contributed by atoms with Gasteiger partial charge in [-0.25, -0.2) is 4.39 Å². The average Bonchev–Trinajstić information content (AvgIpc) is 2.95. The quantitative estimate of drug-likeness (QED) is 0.160. The van der Waals surface area contributed by atoms with E-state index in [1.165, 1.54) is 36.0 Å². The molecule has 0 aromatic heterocycles. The second kappa shape index (κ2) is 13.4. The number of halogens is 1. The smallest absolute Gasteiger partial charge is 0.272 e. The predicted molar refractivity (Wildman–Crippen MR) is 158 cm³/mol. The van der Waals surface area contributed by atoms with Gasteiger partial charge in [-0.15, -0.1) is 11.8 Å². The highest BCUT2D eigenvalue weighted by atomic mass is 32.2. The molecule has 4 aromatic carbocycles. The van der Waals surface area contributed by atoms with E-state index in [0.717, 1.165) is 16.0 Å². The van der Waals surface area contributed by atoms with E-state index in [-0.39, 0.29) is 17.4 Å². The Morgan fingerprint density at radius 3 is 2.23 bits per heavy atom. The molecular formula is C32H28FN3O3S. The number of rotatable bonds is 9. The summed E-state index contributed by atoms with van der Waals surface area (Å²) in [6.07, 6.45) is 1.64. The van der Waals surface area contributed by atoms with Crippen molar-refractivity contribution in [1.29, 1.82) is 0 Å². The van der Waals surface area contributed by atoms with Crippen LogP contribution in [0.3, 0.4) is 0 Å². The number of aryl methyl sites for hydroxylation is 1. The molecule has 4 aromatic rings. The van der Waals surface area contributed by atoms with Crippen LogP contribution < -0.4 is 16.0 Å². The van der Waals surface area contributed by atoms with Gasteiger partial charge in [-0.3, -0.25) is 14.4 Å². The van der Waals surface area contributed by atoms with Crippen molar-refractivity contribution >= 4 is 46.9 Å². The lowest BCUT2D eigenvalue weighted by Crippen LogP contribution is -2.30. The lowest BCUT2D eigenvalue weighted by molar-refractivity contribution is -0.115. The van der Waals surface area contributed by atoms with Gasteiger partial charge in [0.05, 0.1) is 5.25 Å². The van der Waals surface area contributed by atoms with Crippen LogP contribution in [0.5, 0.6) is 0 Å². The summed E-state index contributed by atoms with van der Waals surface area (Å²) < 4.78 is 13.1. The zero-order valence-corrected chi connectivity index (χ0v) is 22.8. The Morgan fingerprint density at radius 2 is 1.50 bits per heavy atom. The number of carbonyl (C=O) groups is 3. The molecule has 4 rings (SSSR count). The molecule has 0 aliphatic rings. The Morgan fingerprint density at radius 1 is 0.800 bits per heavy atom. The number of nitrogens with one attached hydrogen (secondary N) is 3. The highest BCUT2D eigenvalue weighted by Gasteiger charge is 2.17. The van der Waals surface area contributed by atoms with Crippen molar-refractivity contribution in [3.8, 4) is 0 Å². The summed E-state index contributed by atoms with van der Waals surface area (Å²) in [7, 11) is 0. The number of hydrogen-bond donors (Lipinski definition) is 3. The van der Waals surface area contributed by atoms with Crippen LogP contribution in [0.4, 0.5) is 15.8 Å². The first-order valence-electron chi connectivity index (χ1n) is 12.6. The fourth-order valence-electron chi connectivity index (χ4n) is 3.73. The summed E-state index contributed by atoms with van der Waals surface area (Å²) in [6, 6.07) is 28.9. The Kier molecular flexibility index (Phi) is 9.48. The fourth-order valence-corrected chi connectivity index (χ4v) is 4.65. The van der Waals surface area contributed by atoms with Crippen LogP contribution in [0.2, 0.25) is 0 Å². The third-order valence-corrected chi connectivity index (χ3v) is 7.00. The van der Waals surface area contributed by atoms with E-state index in [4.69, 9.17) is 0 Å². The first-order chi connectivity index (χ1) is 19.3. The normalized spacial score (nSPS) is 11.8. The number of amides is 3. The molecule has 0 saturated carbocycles. The van der Waals surface area contributed by atoms with Gasteiger partial charge in [0, 0.05) is 21.8 Å². The maximum absolute atomic E-state index is 13.4.